The lowest BCUT2D eigenvalue weighted by Gasteiger charge is -2.18. The first-order chi connectivity index (χ1) is 14.1. The van der Waals surface area contributed by atoms with Crippen molar-refractivity contribution in [1.29, 1.82) is 0 Å². The number of benzene rings is 2. The number of ether oxygens (including phenoxy) is 1. The van der Waals surface area contributed by atoms with Crippen molar-refractivity contribution >= 4 is 52.3 Å². The number of rotatable bonds is 4. The second-order valence-electron chi connectivity index (χ2n) is 6.12. The van der Waals surface area contributed by atoms with Crippen molar-refractivity contribution in [3.05, 3.63) is 62.2 Å². The van der Waals surface area contributed by atoms with E-state index in [0.29, 0.717) is 33.6 Å². The number of fused-ring (bicyclic) bond motifs is 1. The summed E-state index contributed by atoms with van der Waals surface area (Å²) in [5.41, 5.74) is 2.95. The molecule has 148 valence electrons. The van der Waals surface area contributed by atoms with E-state index in [0.717, 1.165) is 16.1 Å². The number of carbonyl (C=O) groups excluding carboxylic acids is 1. The minimum absolute atomic E-state index is 0.0210. The molecular formula is C20H16Cl2N4O2S. The summed E-state index contributed by atoms with van der Waals surface area (Å²) < 4.78 is 7.18. The number of amides is 1. The summed E-state index contributed by atoms with van der Waals surface area (Å²) in [6.45, 7) is 2.60. The van der Waals surface area contributed by atoms with Gasteiger partial charge in [0.25, 0.3) is 5.91 Å². The van der Waals surface area contributed by atoms with Crippen molar-refractivity contribution in [3.8, 4) is 17.0 Å². The minimum Gasteiger partial charge on any atom is -0.482 e. The molecule has 29 heavy (non-hydrogen) atoms. The number of hydrogen-bond donors (Lipinski definition) is 1. The van der Waals surface area contributed by atoms with Gasteiger partial charge in [-0.3, -0.25) is 9.79 Å². The summed E-state index contributed by atoms with van der Waals surface area (Å²) in [5, 5.41) is 10.4. The van der Waals surface area contributed by atoms with E-state index in [2.05, 4.69) is 15.4 Å². The molecule has 4 rings (SSSR count). The maximum Gasteiger partial charge on any atom is 0.262 e. The molecule has 0 saturated carbocycles. The number of thiazole rings is 1. The van der Waals surface area contributed by atoms with Crippen LogP contribution >= 0.6 is 34.5 Å². The van der Waals surface area contributed by atoms with Gasteiger partial charge in [-0.25, -0.2) is 4.68 Å². The third-order valence-electron chi connectivity index (χ3n) is 4.19. The first-order valence-electron chi connectivity index (χ1n) is 8.83. The molecule has 1 aliphatic rings. The molecule has 2 heterocycles. The fraction of sp³-hybridized carbons (Fsp3) is 0.150. The third-order valence-corrected chi connectivity index (χ3v) is 5.70. The van der Waals surface area contributed by atoms with Crippen molar-refractivity contribution in [2.24, 2.45) is 10.1 Å². The Kier molecular flexibility index (Phi) is 5.71. The third kappa shape index (κ3) is 4.07. The van der Waals surface area contributed by atoms with Crippen molar-refractivity contribution < 1.29 is 9.53 Å². The molecule has 1 amide bonds. The number of nitrogens with one attached hydrogen (secondary N) is 1. The monoisotopic (exact) mass is 446 g/mol. The number of anilines is 1. The van der Waals surface area contributed by atoms with Crippen LogP contribution in [0.2, 0.25) is 10.0 Å². The first-order valence-corrected chi connectivity index (χ1v) is 10.5. The van der Waals surface area contributed by atoms with Crippen molar-refractivity contribution in [2.75, 3.05) is 18.5 Å². The van der Waals surface area contributed by atoms with E-state index in [4.69, 9.17) is 27.9 Å². The maximum atomic E-state index is 11.7. The second-order valence-corrected chi connectivity index (χ2v) is 7.77. The highest BCUT2D eigenvalue weighted by atomic mass is 35.5. The van der Waals surface area contributed by atoms with E-state index < -0.39 is 0 Å². The van der Waals surface area contributed by atoms with Crippen molar-refractivity contribution in [3.63, 3.8) is 0 Å². The van der Waals surface area contributed by atoms with Crippen LogP contribution in [0.5, 0.6) is 5.75 Å². The molecule has 0 fully saturated rings. The van der Waals surface area contributed by atoms with E-state index in [9.17, 15) is 4.79 Å². The van der Waals surface area contributed by atoms with E-state index in [-0.39, 0.29) is 12.5 Å². The lowest BCUT2D eigenvalue weighted by molar-refractivity contribution is -0.118. The van der Waals surface area contributed by atoms with Crippen LogP contribution in [-0.2, 0) is 4.79 Å². The molecule has 2 aromatic carbocycles. The lowest BCUT2D eigenvalue weighted by atomic mass is 10.1. The zero-order chi connectivity index (χ0) is 20.4. The number of nitrogens with zero attached hydrogens (tertiary/aromatic N) is 3. The second kappa shape index (κ2) is 8.41. The van der Waals surface area contributed by atoms with E-state index >= 15 is 0 Å². The van der Waals surface area contributed by atoms with Crippen LogP contribution < -0.4 is 14.9 Å². The number of aromatic nitrogens is 1. The normalized spacial score (nSPS) is 14.0. The SMILES string of the molecule is CCN=c1scc(-c2ccc3c(c2)NC(=O)CO3)n1N=Cc1c(Cl)cccc1Cl. The molecule has 9 heteroatoms. The van der Waals surface area contributed by atoms with Gasteiger partial charge in [0.1, 0.15) is 5.75 Å². The van der Waals surface area contributed by atoms with Crippen LogP contribution in [0.1, 0.15) is 12.5 Å². The summed E-state index contributed by atoms with van der Waals surface area (Å²) in [6.07, 6.45) is 1.62. The molecule has 1 aromatic heterocycles. The van der Waals surface area contributed by atoms with Gasteiger partial charge in [0, 0.05) is 23.1 Å². The van der Waals surface area contributed by atoms with Crippen LogP contribution in [0.25, 0.3) is 11.3 Å². The Morgan fingerprint density at radius 3 is 2.83 bits per heavy atom. The topological polar surface area (TPSA) is 68.0 Å². The number of carbonyl (C=O) groups is 1. The standard InChI is InChI=1S/C20H16Cl2N4O2S/c1-2-23-20-26(24-9-13-14(21)4-3-5-15(13)22)17(11-29-20)12-6-7-18-16(8-12)25-19(27)10-28-18/h3-9,11H,2,10H2,1H3,(H,25,27). The Bertz CT molecular complexity index is 1160. The fourth-order valence-electron chi connectivity index (χ4n) is 2.84. The molecule has 0 aliphatic carbocycles. The molecule has 0 saturated heterocycles. The summed E-state index contributed by atoms with van der Waals surface area (Å²) in [5.74, 6) is 0.459. The van der Waals surface area contributed by atoms with Gasteiger partial charge < -0.3 is 10.1 Å². The fourth-order valence-corrected chi connectivity index (χ4v) is 4.24. The van der Waals surface area contributed by atoms with Gasteiger partial charge in [-0.1, -0.05) is 29.3 Å². The maximum absolute atomic E-state index is 11.7. The van der Waals surface area contributed by atoms with Gasteiger partial charge in [0.2, 0.25) is 4.80 Å². The molecule has 0 radical (unpaired) electrons. The zero-order valence-corrected chi connectivity index (χ0v) is 17.7. The zero-order valence-electron chi connectivity index (χ0n) is 15.4. The summed E-state index contributed by atoms with van der Waals surface area (Å²) >= 11 is 14.0. The molecule has 0 bridgehead atoms. The average molecular weight is 447 g/mol. The minimum atomic E-state index is -0.180. The van der Waals surface area contributed by atoms with Crippen LogP contribution in [0, 0.1) is 0 Å². The van der Waals surface area contributed by atoms with E-state index in [1.165, 1.54) is 11.3 Å². The Labute approximate surface area is 181 Å². The van der Waals surface area contributed by atoms with Crippen molar-refractivity contribution in [2.45, 2.75) is 6.92 Å². The van der Waals surface area contributed by atoms with Gasteiger partial charge in [-0.15, -0.1) is 11.3 Å². The molecule has 0 spiro atoms. The Hall–Kier alpha value is -2.61. The lowest BCUT2D eigenvalue weighted by Crippen LogP contribution is -2.25. The first kappa shape index (κ1) is 19.7. The van der Waals surface area contributed by atoms with Gasteiger partial charge in [0.15, 0.2) is 6.61 Å². The van der Waals surface area contributed by atoms with Gasteiger partial charge in [-0.05, 0) is 37.3 Å². The predicted molar refractivity (Wildman–Crippen MR) is 117 cm³/mol. The molecule has 6 nitrogen and oxygen atoms in total. The summed E-state index contributed by atoms with van der Waals surface area (Å²) in [6, 6.07) is 10.9. The highest BCUT2D eigenvalue weighted by molar-refractivity contribution is 7.07. The largest absolute Gasteiger partial charge is 0.482 e. The van der Waals surface area contributed by atoms with Crippen LogP contribution in [0.3, 0.4) is 0 Å². The highest BCUT2D eigenvalue weighted by Crippen LogP contribution is 2.33. The molecular weight excluding hydrogens is 431 g/mol. The highest BCUT2D eigenvalue weighted by Gasteiger charge is 2.17. The Morgan fingerprint density at radius 1 is 1.28 bits per heavy atom. The van der Waals surface area contributed by atoms with Gasteiger partial charge >= 0.3 is 0 Å². The molecule has 0 atom stereocenters. The van der Waals surface area contributed by atoms with Crippen LogP contribution in [0.15, 0.2) is 51.9 Å². The number of hydrogen-bond acceptors (Lipinski definition) is 5. The molecule has 1 aliphatic heterocycles. The summed E-state index contributed by atoms with van der Waals surface area (Å²) in [7, 11) is 0. The van der Waals surface area contributed by atoms with Gasteiger partial charge in [0.05, 0.1) is 27.6 Å². The Balaban J connectivity index is 1.80. The quantitative estimate of drug-likeness (QED) is 0.592. The van der Waals surface area contributed by atoms with E-state index in [1.807, 2.05) is 30.5 Å². The van der Waals surface area contributed by atoms with Gasteiger partial charge in [-0.2, -0.15) is 5.10 Å². The smallest absolute Gasteiger partial charge is 0.262 e. The summed E-state index contributed by atoms with van der Waals surface area (Å²) in [4.78, 5) is 16.9. The Morgan fingerprint density at radius 2 is 2.07 bits per heavy atom. The molecule has 1 N–H and O–H groups in total. The van der Waals surface area contributed by atoms with Crippen LogP contribution in [-0.4, -0.2) is 29.9 Å². The van der Waals surface area contributed by atoms with E-state index in [1.54, 1.807) is 29.1 Å². The molecule has 0 unspecified atom stereocenters. The average Bonchev–Trinajstić information content (AvgIpc) is 3.10. The van der Waals surface area contributed by atoms with Crippen LogP contribution in [0.4, 0.5) is 5.69 Å². The number of halogens is 2. The predicted octanol–water partition coefficient (Wildman–Crippen LogP) is 4.66. The molecule has 3 aromatic rings. The van der Waals surface area contributed by atoms with Crippen molar-refractivity contribution in [1.82, 2.24) is 4.68 Å².